The highest BCUT2D eigenvalue weighted by Crippen LogP contribution is 2.35. The van der Waals surface area contributed by atoms with E-state index in [0.29, 0.717) is 18.7 Å². The Balaban J connectivity index is 1.92. The lowest BCUT2D eigenvalue weighted by molar-refractivity contribution is -0.144. The van der Waals surface area contributed by atoms with Gasteiger partial charge in [-0.1, -0.05) is 13.8 Å². The summed E-state index contributed by atoms with van der Waals surface area (Å²) in [6.45, 7) is 7.70. The number of aliphatic carboxylic acids is 1. The number of rotatable bonds is 7. The van der Waals surface area contributed by atoms with Crippen LogP contribution in [0.25, 0.3) is 0 Å². The smallest absolute Gasteiger partial charge is 0.323 e. The van der Waals surface area contributed by atoms with Gasteiger partial charge in [-0.25, -0.2) is 0 Å². The van der Waals surface area contributed by atoms with Crippen LogP contribution in [-0.2, 0) is 9.53 Å². The summed E-state index contributed by atoms with van der Waals surface area (Å²) < 4.78 is 5.90. The van der Waals surface area contributed by atoms with Crippen LogP contribution in [-0.4, -0.2) is 59.9 Å². The molecule has 0 amide bonds. The van der Waals surface area contributed by atoms with E-state index in [2.05, 4.69) is 17.1 Å². The van der Waals surface area contributed by atoms with Crippen LogP contribution in [0.1, 0.15) is 52.4 Å². The van der Waals surface area contributed by atoms with Gasteiger partial charge in [-0.05, 0) is 51.6 Å². The molecule has 0 aromatic rings. The molecule has 3 atom stereocenters. The Hall–Kier alpha value is -0.650. The Kier molecular flexibility index (Phi) is 6.02. The Bertz CT molecular complexity index is 350. The lowest BCUT2D eigenvalue weighted by atomic mass is 9.96. The SMILES string of the molecule is CCCOC1CCCN(C2CCC(NCC)(C(=O)O)C2)C1. The van der Waals surface area contributed by atoms with Crippen molar-refractivity contribution < 1.29 is 14.6 Å². The summed E-state index contributed by atoms with van der Waals surface area (Å²) in [5, 5.41) is 12.8. The van der Waals surface area contributed by atoms with Gasteiger partial charge in [0.1, 0.15) is 5.54 Å². The van der Waals surface area contributed by atoms with E-state index in [4.69, 9.17) is 4.74 Å². The van der Waals surface area contributed by atoms with Gasteiger partial charge >= 0.3 is 5.97 Å². The molecule has 2 aliphatic rings. The van der Waals surface area contributed by atoms with Crippen LogP contribution in [0.3, 0.4) is 0 Å². The van der Waals surface area contributed by atoms with E-state index >= 15 is 0 Å². The summed E-state index contributed by atoms with van der Waals surface area (Å²) in [6.07, 6.45) is 6.11. The molecule has 0 spiro atoms. The summed E-state index contributed by atoms with van der Waals surface area (Å²) >= 11 is 0. The maximum atomic E-state index is 11.6. The molecule has 2 fully saturated rings. The molecule has 21 heavy (non-hydrogen) atoms. The molecule has 0 radical (unpaired) electrons. The first kappa shape index (κ1) is 16.7. The number of hydrogen-bond acceptors (Lipinski definition) is 4. The predicted molar refractivity (Wildman–Crippen MR) is 82.5 cm³/mol. The van der Waals surface area contributed by atoms with Crippen molar-refractivity contribution in [2.75, 3.05) is 26.2 Å². The molecule has 0 bridgehead atoms. The monoisotopic (exact) mass is 298 g/mol. The fourth-order valence-electron chi connectivity index (χ4n) is 3.82. The van der Waals surface area contributed by atoms with Crippen molar-refractivity contribution in [2.45, 2.75) is 70.1 Å². The fourth-order valence-corrected chi connectivity index (χ4v) is 3.82. The maximum absolute atomic E-state index is 11.6. The summed E-state index contributed by atoms with van der Waals surface area (Å²) in [5.41, 5.74) is -0.712. The molecule has 3 unspecified atom stereocenters. The van der Waals surface area contributed by atoms with Crippen molar-refractivity contribution in [1.29, 1.82) is 0 Å². The third-order valence-electron chi connectivity index (χ3n) is 4.90. The van der Waals surface area contributed by atoms with Gasteiger partial charge in [0, 0.05) is 19.2 Å². The fraction of sp³-hybridized carbons (Fsp3) is 0.938. The molecule has 1 saturated carbocycles. The molecular weight excluding hydrogens is 268 g/mol. The van der Waals surface area contributed by atoms with E-state index in [1.165, 1.54) is 0 Å². The highest BCUT2D eigenvalue weighted by atomic mass is 16.5. The van der Waals surface area contributed by atoms with Crippen LogP contribution < -0.4 is 5.32 Å². The molecule has 1 aliphatic heterocycles. The number of piperidine rings is 1. The van der Waals surface area contributed by atoms with Crippen LogP contribution >= 0.6 is 0 Å². The second kappa shape index (κ2) is 7.56. The van der Waals surface area contributed by atoms with E-state index in [9.17, 15) is 9.90 Å². The minimum Gasteiger partial charge on any atom is -0.480 e. The molecule has 1 aliphatic carbocycles. The van der Waals surface area contributed by atoms with Crippen molar-refractivity contribution in [3.63, 3.8) is 0 Å². The molecule has 122 valence electrons. The van der Waals surface area contributed by atoms with Gasteiger partial charge in [0.05, 0.1) is 6.10 Å². The second-order valence-corrected chi connectivity index (χ2v) is 6.44. The summed E-state index contributed by atoms with van der Waals surface area (Å²) in [7, 11) is 0. The third-order valence-corrected chi connectivity index (χ3v) is 4.90. The van der Waals surface area contributed by atoms with Gasteiger partial charge in [0.25, 0.3) is 0 Å². The molecule has 1 saturated heterocycles. The Morgan fingerprint density at radius 3 is 2.90 bits per heavy atom. The maximum Gasteiger partial charge on any atom is 0.323 e. The summed E-state index contributed by atoms with van der Waals surface area (Å²) in [5.74, 6) is -0.692. The van der Waals surface area contributed by atoms with Crippen molar-refractivity contribution in [3.05, 3.63) is 0 Å². The molecule has 1 heterocycles. The number of nitrogens with zero attached hydrogens (tertiary/aromatic N) is 1. The normalized spacial score (nSPS) is 34.2. The Morgan fingerprint density at radius 2 is 2.24 bits per heavy atom. The van der Waals surface area contributed by atoms with E-state index in [1.807, 2.05) is 6.92 Å². The van der Waals surface area contributed by atoms with Gasteiger partial charge in [0.2, 0.25) is 0 Å². The Labute approximate surface area is 128 Å². The first-order chi connectivity index (χ1) is 10.1. The van der Waals surface area contributed by atoms with E-state index < -0.39 is 11.5 Å². The quantitative estimate of drug-likeness (QED) is 0.751. The number of carbonyl (C=O) groups is 1. The van der Waals surface area contributed by atoms with Crippen LogP contribution in [0, 0.1) is 0 Å². The zero-order valence-electron chi connectivity index (χ0n) is 13.4. The molecule has 5 nitrogen and oxygen atoms in total. The second-order valence-electron chi connectivity index (χ2n) is 6.44. The minimum atomic E-state index is -0.712. The van der Waals surface area contributed by atoms with Crippen molar-refractivity contribution >= 4 is 5.97 Å². The largest absolute Gasteiger partial charge is 0.480 e. The van der Waals surface area contributed by atoms with Crippen molar-refractivity contribution in [3.8, 4) is 0 Å². The topological polar surface area (TPSA) is 61.8 Å². The number of ether oxygens (including phenoxy) is 1. The third kappa shape index (κ3) is 3.96. The zero-order chi connectivity index (χ0) is 15.3. The van der Waals surface area contributed by atoms with E-state index in [-0.39, 0.29) is 0 Å². The first-order valence-electron chi connectivity index (χ1n) is 8.45. The first-order valence-corrected chi connectivity index (χ1v) is 8.45. The highest BCUT2D eigenvalue weighted by Gasteiger charge is 2.46. The molecule has 2 N–H and O–H groups in total. The number of likely N-dealkylation sites (tertiary alicyclic amines) is 1. The standard InChI is InChI=1S/C16H30N2O3/c1-3-10-21-14-6-5-9-18(12-14)13-7-8-16(11-13,15(19)20)17-4-2/h13-14,17H,3-12H2,1-2H3,(H,19,20). The number of nitrogens with one attached hydrogen (secondary N) is 1. The highest BCUT2D eigenvalue weighted by molar-refractivity contribution is 5.79. The van der Waals surface area contributed by atoms with Crippen LogP contribution in [0.15, 0.2) is 0 Å². The molecule has 0 aromatic heterocycles. The average molecular weight is 298 g/mol. The van der Waals surface area contributed by atoms with Gasteiger partial charge in [-0.2, -0.15) is 0 Å². The zero-order valence-corrected chi connectivity index (χ0v) is 13.4. The number of hydrogen-bond donors (Lipinski definition) is 2. The van der Waals surface area contributed by atoms with Crippen molar-refractivity contribution in [1.82, 2.24) is 10.2 Å². The van der Waals surface area contributed by atoms with Crippen LogP contribution in [0.4, 0.5) is 0 Å². The predicted octanol–water partition coefficient (Wildman–Crippen LogP) is 1.86. The minimum absolute atomic E-state index is 0.331. The summed E-state index contributed by atoms with van der Waals surface area (Å²) in [6, 6.07) is 0.383. The molecule has 2 rings (SSSR count). The van der Waals surface area contributed by atoms with Gasteiger partial charge < -0.3 is 15.2 Å². The van der Waals surface area contributed by atoms with Crippen LogP contribution in [0.2, 0.25) is 0 Å². The van der Waals surface area contributed by atoms with E-state index in [0.717, 1.165) is 58.2 Å². The number of carboxylic acid groups (broad SMARTS) is 1. The van der Waals surface area contributed by atoms with Gasteiger partial charge in [-0.15, -0.1) is 0 Å². The van der Waals surface area contributed by atoms with Crippen LogP contribution in [0.5, 0.6) is 0 Å². The lowest BCUT2D eigenvalue weighted by Gasteiger charge is -2.37. The molecule has 5 heteroatoms. The lowest BCUT2D eigenvalue weighted by Crippen LogP contribution is -2.52. The van der Waals surface area contributed by atoms with Crippen molar-refractivity contribution in [2.24, 2.45) is 0 Å². The number of carboxylic acids is 1. The molecule has 0 aromatic carbocycles. The van der Waals surface area contributed by atoms with Gasteiger partial charge in [-0.3, -0.25) is 9.69 Å². The Morgan fingerprint density at radius 1 is 1.43 bits per heavy atom. The number of likely N-dealkylation sites (N-methyl/N-ethyl adjacent to an activating group) is 1. The van der Waals surface area contributed by atoms with E-state index in [1.54, 1.807) is 0 Å². The summed E-state index contributed by atoms with van der Waals surface area (Å²) in [4.78, 5) is 14.1. The van der Waals surface area contributed by atoms with Gasteiger partial charge in [0.15, 0.2) is 0 Å². The average Bonchev–Trinajstić information content (AvgIpc) is 2.91. The molecular formula is C16H30N2O3.